The van der Waals surface area contributed by atoms with Crippen LogP contribution in [0.15, 0.2) is 48.5 Å². The minimum Gasteiger partial charge on any atom is -0.480 e. The van der Waals surface area contributed by atoms with E-state index in [1.807, 2.05) is 62.4 Å². The van der Waals surface area contributed by atoms with Crippen LogP contribution in [0.3, 0.4) is 0 Å². The zero-order valence-electron chi connectivity index (χ0n) is 16.8. The van der Waals surface area contributed by atoms with Crippen LogP contribution < -0.4 is 10.6 Å². The molecule has 6 heteroatoms. The van der Waals surface area contributed by atoms with Crippen LogP contribution in [0, 0.1) is 5.92 Å². The van der Waals surface area contributed by atoms with E-state index in [0.717, 1.165) is 22.3 Å². The summed E-state index contributed by atoms with van der Waals surface area (Å²) in [6.45, 7) is 5.24. The molecule has 0 spiro atoms. The van der Waals surface area contributed by atoms with Gasteiger partial charge in [-0.15, -0.1) is 0 Å². The second kappa shape index (κ2) is 8.47. The molecular formula is C23H26N2O4. The van der Waals surface area contributed by atoms with Gasteiger partial charge in [0.05, 0.1) is 0 Å². The Balaban J connectivity index is 1.95. The summed E-state index contributed by atoms with van der Waals surface area (Å²) in [5.41, 5.74) is 3.71. The van der Waals surface area contributed by atoms with Crippen LogP contribution in [0.1, 0.15) is 44.2 Å². The van der Waals surface area contributed by atoms with Crippen molar-refractivity contribution in [1.29, 1.82) is 0 Å². The monoisotopic (exact) mass is 394 g/mol. The summed E-state index contributed by atoms with van der Waals surface area (Å²) in [6, 6.07) is 13.4. The number of aliphatic carboxylic acids is 1. The number of nitrogens with one attached hydrogen (secondary N) is 2. The molecule has 29 heavy (non-hydrogen) atoms. The highest BCUT2D eigenvalue weighted by Gasteiger charge is 2.39. The van der Waals surface area contributed by atoms with E-state index in [1.54, 1.807) is 0 Å². The Morgan fingerprint density at radius 3 is 1.90 bits per heavy atom. The molecule has 0 radical (unpaired) electrons. The lowest BCUT2D eigenvalue weighted by Gasteiger charge is -2.26. The van der Waals surface area contributed by atoms with E-state index in [0.29, 0.717) is 6.42 Å². The van der Waals surface area contributed by atoms with Gasteiger partial charge in [0, 0.05) is 12.8 Å². The number of carbonyl (C=O) groups excluding carboxylic acids is 2. The van der Waals surface area contributed by atoms with Crippen molar-refractivity contribution >= 4 is 17.8 Å². The third-order valence-electron chi connectivity index (χ3n) is 5.18. The normalized spacial score (nSPS) is 14.6. The molecule has 0 bridgehead atoms. The first kappa shape index (κ1) is 20.6. The lowest BCUT2D eigenvalue weighted by molar-refractivity contribution is -0.142. The summed E-state index contributed by atoms with van der Waals surface area (Å²) in [5.74, 6) is -2.26. The van der Waals surface area contributed by atoms with Crippen LogP contribution in [0.25, 0.3) is 11.1 Å². The SMILES string of the molecule is CC(=O)N[C@@H](CC(C)C)C(=O)N[C@@H](C(=O)O)C1c2ccccc2-c2ccccc21. The third-order valence-corrected chi connectivity index (χ3v) is 5.18. The zero-order valence-corrected chi connectivity index (χ0v) is 16.8. The summed E-state index contributed by atoms with van der Waals surface area (Å²) in [4.78, 5) is 36.7. The number of hydrogen-bond donors (Lipinski definition) is 3. The molecule has 2 aromatic rings. The van der Waals surface area contributed by atoms with E-state index in [4.69, 9.17) is 0 Å². The van der Waals surface area contributed by atoms with Crippen LogP contribution in [-0.2, 0) is 14.4 Å². The standard InChI is InChI=1S/C23H26N2O4/c1-13(2)12-19(24-14(3)26)22(27)25-21(23(28)29)20-17-10-6-4-8-15(17)16-9-5-7-11-18(16)20/h4-11,13,19-21H,12H2,1-3H3,(H,24,26)(H,25,27)(H,28,29)/t19-,21+/m0/s1. The molecule has 1 aliphatic rings. The van der Waals surface area contributed by atoms with E-state index in [1.165, 1.54) is 6.92 Å². The molecule has 0 aliphatic heterocycles. The van der Waals surface area contributed by atoms with Gasteiger partial charge in [-0.25, -0.2) is 4.79 Å². The van der Waals surface area contributed by atoms with E-state index in [9.17, 15) is 19.5 Å². The van der Waals surface area contributed by atoms with Gasteiger partial charge in [-0.3, -0.25) is 9.59 Å². The van der Waals surface area contributed by atoms with Gasteiger partial charge in [0.2, 0.25) is 11.8 Å². The van der Waals surface area contributed by atoms with Crippen molar-refractivity contribution in [2.45, 2.75) is 45.2 Å². The molecule has 3 N–H and O–H groups in total. The zero-order chi connectivity index (χ0) is 21.1. The average Bonchev–Trinajstić information content (AvgIpc) is 2.99. The predicted molar refractivity (Wildman–Crippen MR) is 110 cm³/mol. The molecule has 1 aliphatic carbocycles. The minimum absolute atomic E-state index is 0.161. The summed E-state index contributed by atoms with van der Waals surface area (Å²) >= 11 is 0. The van der Waals surface area contributed by atoms with Crippen molar-refractivity contribution in [3.8, 4) is 11.1 Å². The van der Waals surface area contributed by atoms with Crippen molar-refractivity contribution in [2.24, 2.45) is 5.92 Å². The van der Waals surface area contributed by atoms with Gasteiger partial charge in [0.15, 0.2) is 0 Å². The first-order valence-corrected chi connectivity index (χ1v) is 9.78. The third kappa shape index (κ3) is 4.31. The fourth-order valence-electron chi connectivity index (χ4n) is 4.04. The lowest BCUT2D eigenvalue weighted by atomic mass is 9.89. The molecule has 0 saturated heterocycles. The Bertz CT molecular complexity index is 892. The molecular weight excluding hydrogens is 368 g/mol. The summed E-state index contributed by atoms with van der Waals surface area (Å²) in [5, 5.41) is 15.3. The molecule has 0 unspecified atom stereocenters. The molecule has 0 heterocycles. The van der Waals surface area contributed by atoms with Crippen molar-refractivity contribution in [3.63, 3.8) is 0 Å². The van der Waals surface area contributed by atoms with Crippen LogP contribution in [0.2, 0.25) is 0 Å². The summed E-state index contributed by atoms with van der Waals surface area (Å²) in [7, 11) is 0. The predicted octanol–water partition coefficient (Wildman–Crippen LogP) is 2.92. The first-order valence-electron chi connectivity index (χ1n) is 9.78. The fourth-order valence-corrected chi connectivity index (χ4v) is 4.04. The molecule has 6 nitrogen and oxygen atoms in total. The number of fused-ring (bicyclic) bond motifs is 3. The van der Waals surface area contributed by atoms with Gasteiger partial charge >= 0.3 is 5.97 Å². The van der Waals surface area contributed by atoms with Crippen LogP contribution >= 0.6 is 0 Å². The van der Waals surface area contributed by atoms with E-state index < -0.39 is 29.9 Å². The maximum Gasteiger partial charge on any atom is 0.327 e. The van der Waals surface area contributed by atoms with Crippen molar-refractivity contribution in [3.05, 3.63) is 59.7 Å². The Labute approximate surface area is 170 Å². The smallest absolute Gasteiger partial charge is 0.327 e. The van der Waals surface area contributed by atoms with Gasteiger partial charge in [-0.05, 0) is 34.6 Å². The van der Waals surface area contributed by atoms with Crippen LogP contribution in [0.4, 0.5) is 0 Å². The highest BCUT2D eigenvalue weighted by atomic mass is 16.4. The Kier molecular flexibility index (Phi) is 6.01. The highest BCUT2D eigenvalue weighted by molar-refractivity contribution is 5.92. The maximum atomic E-state index is 12.9. The Morgan fingerprint density at radius 2 is 1.45 bits per heavy atom. The number of carbonyl (C=O) groups is 3. The summed E-state index contributed by atoms with van der Waals surface area (Å²) in [6.07, 6.45) is 0.426. The number of carboxylic acids is 1. The number of hydrogen-bond acceptors (Lipinski definition) is 3. The van der Waals surface area contributed by atoms with E-state index in [2.05, 4.69) is 10.6 Å². The molecule has 3 rings (SSSR count). The van der Waals surface area contributed by atoms with E-state index >= 15 is 0 Å². The fraction of sp³-hybridized carbons (Fsp3) is 0.348. The molecule has 0 aromatic heterocycles. The number of carboxylic acid groups (broad SMARTS) is 1. The number of benzene rings is 2. The molecule has 0 fully saturated rings. The van der Waals surface area contributed by atoms with Gasteiger partial charge in [-0.1, -0.05) is 62.4 Å². The first-order chi connectivity index (χ1) is 13.8. The summed E-state index contributed by atoms with van der Waals surface area (Å²) < 4.78 is 0. The largest absolute Gasteiger partial charge is 0.480 e. The number of rotatable bonds is 7. The van der Waals surface area contributed by atoms with Gasteiger partial charge in [-0.2, -0.15) is 0 Å². The molecule has 152 valence electrons. The van der Waals surface area contributed by atoms with Crippen LogP contribution in [-0.4, -0.2) is 35.0 Å². The topological polar surface area (TPSA) is 95.5 Å². The number of amides is 2. The molecule has 2 atom stereocenters. The Hall–Kier alpha value is -3.15. The van der Waals surface area contributed by atoms with Crippen LogP contribution in [0.5, 0.6) is 0 Å². The highest BCUT2D eigenvalue weighted by Crippen LogP contribution is 2.46. The van der Waals surface area contributed by atoms with Crippen molar-refractivity contribution in [2.75, 3.05) is 0 Å². The van der Waals surface area contributed by atoms with Gasteiger partial charge in [0.25, 0.3) is 0 Å². The second-order valence-electron chi connectivity index (χ2n) is 7.86. The van der Waals surface area contributed by atoms with E-state index in [-0.39, 0.29) is 11.8 Å². The lowest BCUT2D eigenvalue weighted by Crippen LogP contribution is -2.53. The second-order valence-corrected chi connectivity index (χ2v) is 7.86. The van der Waals surface area contributed by atoms with Gasteiger partial charge in [0.1, 0.15) is 12.1 Å². The van der Waals surface area contributed by atoms with Gasteiger partial charge < -0.3 is 15.7 Å². The quantitative estimate of drug-likeness (QED) is 0.673. The minimum atomic E-state index is -1.14. The average molecular weight is 394 g/mol. The maximum absolute atomic E-state index is 12.9. The van der Waals surface area contributed by atoms with Crippen molar-refractivity contribution < 1.29 is 19.5 Å². The Morgan fingerprint density at radius 1 is 0.931 bits per heavy atom. The molecule has 2 amide bonds. The molecule has 0 saturated carbocycles. The molecule has 2 aromatic carbocycles. The van der Waals surface area contributed by atoms with Crippen molar-refractivity contribution in [1.82, 2.24) is 10.6 Å².